The van der Waals surface area contributed by atoms with Crippen molar-refractivity contribution in [3.8, 4) is 0 Å². The Morgan fingerprint density at radius 3 is 2.87 bits per heavy atom. The van der Waals surface area contributed by atoms with E-state index in [2.05, 4.69) is 10.3 Å². The SMILES string of the molecule is Cc1ccc(S(=O)(=O)N2CCC3CCC(C2)N3)c2cccnc12. The van der Waals surface area contributed by atoms with Gasteiger partial charge in [-0.2, -0.15) is 4.31 Å². The lowest BCUT2D eigenvalue weighted by molar-refractivity contribution is 0.384. The molecule has 2 saturated heterocycles. The molecule has 23 heavy (non-hydrogen) atoms. The predicted molar refractivity (Wildman–Crippen MR) is 89.8 cm³/mol. The van der Waals surface area contributed by atoms with Crippen LogP contribution in [0.2, 0.25) is 0 Å². The Morgan fingerprint density at radius 2 is 2.00 bits per heavy atom. The van der Waals surface area contributed by atoms with E-state index in [1.165, 1.54) is 0 Å². The summed E-state index contributed by atoms with van der Waals surface area (Å²) in [6, 6.07) is 7.98. The Labute approximate surface area is 136 Å². The molecule has 2 aromatic rings. The molecule has 2 bridgehead atoms. The van der Waals surface area contributed by atoms with E-state index in [4.69, 9.17) is 0 Å². The molecular weight excluding hydrogens is 310 g/mol. The maximum atomic E-state index is 13.2. The molecule has 0 saturated carbocycles. The first-order chi connectivity index (χ1) is 11.1. The van der Waals surface area contributed by atoms with Gasteiger partial charge in [0.05, 0.1) is 10.4 Å². The van der Waals surface area contributed by atoms with Crippen molar-refractivity contribution in [2.75, 3.05) is 13.1 Å². The van der Waals surface area contributed by atoms with E-state index in [0.717, 1.165) is 35.7 Å². The van der Waals surface area contributed by atoms with Gasteiger partial charge in [-0.05, 0) is 49.9 Å². The monoisotopic (exact) mass is 331 g/mol. The van der Waals surface area contributed by atoms with Crippen LogP contribution in [0, 0.1) is 6.92 Å². The van der Waals surface area contributed by atoms with Crippen LogP contribution in [-0.2, 0) is 10.0 Å². The Hall–Kier alpha value is -1.50. The molecule has 2 aliphatic rings. The van der Waals surface area contributed by atoms with Gasteiger partial charge in [0, 0.05) is 36.8 Å². The van der Waals surface area contributed by atoms with E-state index < -0.39 is 10.0 Å². The predicted octanol–water partition coefficient (Wildman–Crippen LogP) is 2.06. The quantitative estimate of drug-likeness (QED) is 0.915. The van der Waals surface area contributed by atoms with Gasteiger partial charge in [0.25, 0.3) is 0 Å². The molecule has 1 aromatic heterocycles. The first kappa shape index (κ1) is 15.1. The summed E-state index contributed by atoms with van der Waals surface area (Å²) in [5.41, 5.74) is 1.76. The number of fused-ring (bicyclic) bond motifs is 3. The second-order valence-electron chi connectivity index (χ2n) is 6.57. The molecule has 2 atom stereocenters. The van der Waals surface area contributed by atoms with Gasteiger partial charge in [-0.3, -0.25) is 4.98 Å². The summed E-state index contributed by atoms with van der Waals surface area (Å²) in [5.74, 6) is 0. The van der Waals surface area contributed by atoms with E-state index >= 15 is 0 Å². The zero-order valence-corrected chi connectivity index (χ0v) is 14.0. The number of aromatic nitrogens is 1. The Bertz CT molecular complexity index is 850. The lowest BCUT2D eigenvalue weighted by Crippen LogP contribution is -2.39. The number of nitrogens with zero attached hydrogens (tertiary/aromatic N) is 2. The van der Waals surface area contributed by atoms with E-state index in [9.17, 15) is 8.42 Å². The molecule has 4 rings (SSSR count). The maximum absolute atomic E-state index is 13.2. The summed E-state index contributed by atoms with van der Waals surface area (Å²) in [4.78, 5) is 4.74. The van der Waals surface area contributed by atoms with Gasteiger partial charge in [0.15, 0.2) is 0 Å². The second kappa shape index (κ2) is 5.54. The fraction of sp³-hybridized carbons (Fsp3) is 0.471. The standard InChI is InChI=1S/C17H21N3O2S/c1-12-4-7-16(15-3-2-9-18-17(12)15)23(21,22)20-10-8-13-5-6-14(11-20)19-13/h2-4,7,9,13-14,19H,5-6,8,10-11H2,1H3. The number of pyridine rings is 1. The van der Waals surface area contributed by atoms with Crippen molar-refractivity contribution < 1.29 is 8.42 Å². The van der Waals surface area contributed by atoms with Crippen LogP contribution in [0.25, 0.3) is 10.9 Å². The van der Waals surface area contributed by atoms with Crippen LogP contribution in [0.3, 0.4) is 0 Å². The van der Waals surface area contributed by atoms with Crippen molar-refractivity contribution in [3.05, 3.63) is 36.0 Å². The van der Waals surface area contributed by atoms with Crippen LogP contribution in [-0.4, -0.2) is 42.9 Å². The molecule has 5 nitrogen and oxygen atoms in total. The highest BCUT2D eigenvalue weighted by Crippen LogP contribution is 2.29. The molecule has 1 N–H and O–H groups in total. The first-order valence-electron chi connectivity index (χ1n) is 8.16. The molecule has 2 unspecified atom stereocenters. The molecule has 2 fully saturated rings. The number of sulfonamides is 1. The summed E-state index contributed by atoms with van der Waals surface area (Å²) in [7, 11) is -3.50. The average molecular weight is 331 g/mol. The van der Waals surface area contributed by atoms with Crippen LogP contribution >= 0.6 is 0 Å². The fourth-order valence-corrected chi connectivity index (χ4v) is 5.46. The molecule has 2 aliphatic heterocycles. The third-order valence-corrected chi connectivity index (χ3v) is 6.96. The lowest BCUT2D eigenvalue weighted by atomic mass is 10.1. The summed E-state index contributed by atoms with van der Waals surface area (Å²) in [6.07, 6.45) is 4.82. The van der Waals surface area contributed by atoms with Gasteiger partial charge >= 0.3 is 0 Å². The van der Waals surface area contributed by atoms with Gasteiger partial charge in [-0.25, -0.2) is 8.42 Å². The van der Waals surface area contributed by atoms with Crippen molar-refractivity contribution in [2.24, 2.45) is 0 Å². The largest absolute Gasteiger partial charge is 0.310 e. The zero-order valence-electron chi connectivity index (χ0n) is 13.2. The van der Waals surface area contributed by atoms with Crippen molar-refractivity contribution in [2.45, 2.75) is 43.2 Å². The highest BCUT2D eigenvalue weighted by atomic mass is 32.2. The third-order valence-electron chi connectivity index (χ3n) is 5.04. The fourth-order valence-electron chi connectivity index (χ4n) is 3.78. The average Bonchev–Trinajstić information content (AvgIpc) is 2.86. The number of hydrogen-bond donors (Lipinski definition) is 1. The minimum absolute atomic E-state index is 0.284. The lowest BCUT2D eigenvalue weighted by Gasteiger charge is -2.24. The van der Waals surface area contributed by atoms with E-state index in [-0.39, 0.29) is 6.04 Å². The molecule has 1 aromatic carbocycles. The van der Waals surface area contributed by atoms with Crippen molar-refractivity contribution in [1.82, 2.24) is 14.6 Å². The maximum Gasteiger partial charge on any atom is 0.243 e. The summed E-state index contributed by atoms with van der Waals surface area (Å²) < 4.78 is 28.1. The third kappa shape index (κ3) is 2.55. The van der Waals surface area contributed by atoms with Crippen LogP contribution < -0.4 is 5.32 Å². The van der Waals surface area contributed by atoms with Gasteiger partial charge in [-0.1, -0.05) is 6.07 Å². The number of rotatable bonds is 2. The highest BCUT2D eigenvalue weighted by Gasteiger charge is 2.35. The van der Waals surface area contributed by atoms with Crippen LogP contribution in [0.4, 0.5) is 0 Å². The minimum Gasteiger partial charge on any atom is -0.310 e. The number of aryl methyl sites for hydroxylation is 1. The molecule has 0 radical (unpaired) electrons. The highest BCUT2D eigenvalue weighted by molar-refractivity contribution is 7.89. The van der Waals surface area contributed by atoms with E-state index in [0.29, 0.717) is 24.0 Å². The second-order valence-corrected chi connectivity index (χ2v) is 8.48. The number of nitrogens with one attached hydrogen (secondary N) is 1. The van der Waals surface area contributed by atoms with Gasteiger partial charge in [0.1, 0.15) is 0 Å². The first-order valence-corrected chi connectivity index (χ1v) is 9.60. The zero-order chi connectivity index (χ0) is 16.0. The van der Waals surface area contributed by atoms with Gasteiger partial charge in [0.2, 0.25) is 10.0 Å². The molecule has 0 aliphatic carbocycles. The Kier molecular flexibility index (Phi) is 3.63. The van der Waals surface area contributed by atoms with Crippen molar-refractivity contribution in [1.29, 1.82) is 0 Å². The Morgan fingerprint density at radius 1 is 1.17 bits per heavy atom. The van der Waals surface area contributed by atoms with E-state index in [1.54, 1.807) is 22.6 Å². The van der Waals surface area contributed by atoms with E-state index in [1.807, 2.05) is 19.1 Å². The normalized spacial score (nSPS) is 25.6. The number of hydrogen-bond acceptors (Lipinski definition) is 4. The van der Waals surface area contributed by atoms with Gasteiger partial charge < -0.3 is 5.32 Å². The molecular formula is C17H21N3O2S. The van der Waals surface area contributed by atoms with Crippen LogP contribution in [0.1, 0.15) is 24.8 Å². The summed E-state index contributed by atoms with van der Waals surface area (Å²) >= 11 is 0. The summed E-state index contributed by atoms with van der Waals surface area (Å²) in [5, 5.41) is 4.25. The van der Waals surface area contributed by atoms with Gasteiger partial charge in [-0.15, -0.1) is 0 Å². The molecule has 122 valence electrons. The molecule has 0 spiro atoms. The van der Waals surface area contributed by atoms with Crippen LogP contribution in [0.5, 0.6) is 0 Å². The topological polar surface area (TPSA) is 62.3 Å². The minimum atomic E-state index is -3.50. The smallest absolute Gasteiger partial charge is 0.243 e. The molecule has 0 amide bonds. The summed E-state index contributed by atoms with van der Waals surface area (Å²) in [6.45, 7) is 3.11. The number of benzene rings is 1. The Balaban J connectivity index is 1.78. The van der Waals surface area contributed by atoms with Crippen molar-refractivity contribution >= 4 is 20.9 Å². The molecule has 3 heterocycles. The molecule has 6 heteroatoms. The van der Waals surface area contributed by atoms with Crippen LogP contribution in [0.15, 0.2) is 35.4 Å². The van der Waals surface area contributed by atoms with Crippen molar-refractivity contribution in [3.63, 3.8) is 0 Å².